The van der Waals surface area contributed by atoms with Crippen LogP contribution < -0.4 is 11.1 Å². The van der Waals surface area contributed by atoms with E-state index in [4.69, 9.17) is 5.73 Å². The normalized spacial score (nSPS) is 30.7. The van der Waals surface area contributed by atoms with Crippen LogP contribution in [0.3, 0.4) is 0 Å². The van der Waals surface area contributed by atoms with Gasteiger partial charge in [-0.25, -0.2) is 0 Å². The maximum atomic E-state index is 5.29. The highest BCUT2D eigenvalue weighted by atomic mass is 15.2. The molecule has 1 aliphatic rings. The van der Waals surface area contributed by atoms with Crippen LogP contribution in [0, 0.1) is 6.54 Å². The maximum absolute atomic E-state index is 5.29. The first-order chi connectivity index (χ1) is 3.39. The minimum Gasteiger partial charge on any atom is -0.297 e. The van der Waals surface area contributed by atoms with Crippen molar-refractivity contribution in [3.05, 3.63) is 6.54 Å². The largest absolute Gasteiger partial charge is 0.297 e. The third-order valence-electron chi connectivity index (χ3n) is 0.778. The quantitative estimate of drug-likeness (QED) is 0.427. The summed E-state index contributed by atoms with van der Waals surface area (Å²) in [5, 5.41) is 2.84. The summed E-state index contributed by atoms with van der Waals surface area (Å²) in [4.78, 5) is 3.84. The van der Waals surface area contributed by atoms with Crippen LogP contribution in [0.2, 0.25) is 0 Å². The molecule has 0 amide bonds. The molecule has 1 atom stereocenters. The maximum Gasteiger partial charge on any atom is 0.150 e. The molecule has 0 bridgehead atoms. The second kappa shape index (κ2) is 2.04. The lowest BCUT2D eigenvalue weighted by Gasteiger charge is -2.10. The van der Waals surface area contributed by atoms with Crippen molar-refractivity contribution in [3.8, 4) is 0 Å². The average Bonchev–Trinajstić information content (AvgIpc) is 1.69. The van der Waals surface area contributed by atoms with Crippen molar-refractivity contribution in [2.24, 2.45) is 10.7 Å². The van der Waals surface area contributed by atoms with Crippen molar-refractivity contribution in [3.63, 3.8) is 0 Å². The van der Waals surface area contributed by atoms with Crippen molar-refractivity contribution in [2.75, 3.05) is 0 Å². The number of nitrogens with two attached hydrogens (primary N) is 1. The molecule has 0 aliphatic carbocycles. The van der Waals surface area contributed by atoms with Gasteiger partial charge in [-0.2, -0.15) is 0 Å². The molecule has 0 saturated heterocycles. The van der Waals surface area contributed by atoms with Crippen molar-refractivity contribution in [2.45, 2.75) is 12.7 Å². The molecule has 1 unspecified atom stereocenters. The van der Waals surface area contributed by atoms with Gasteiger partial charge < -0.3 is 0 Å². The Labute approximate surface area is 42.6 Å². The van der Waals surface area contributed by atoms with Crippen LogP contribution >= 0.6 is 0 Å². The number of aliphatic imine (C=N–C) groups is 1. The van der Waals surface area contributed by atoms with Crippen LogP contribution in [0.5, 0.6) is 0 Å². The smallest absolute Gasteiger partial charge is 0.150 e. The van der Waals surface area contributed by atoms with Gasteiger partial charge in [-0.3, -0.25) is 16.0 Å². The topological polar surface area (TPSA) is 50.4 Å². The zero-order chi connectivity index (χ0) is 5.11. The van der Waals surface area contributed by atoms with E-state index in [0.717, 1.165) is 6.42 Å². The van der Waals surface area contributed by atoms with Crippen LogP contribution in [0.4, 0.5) is 0 Å². The molecule has 0 saturated carbocycles. The number of rotatable bonds is 0. The van der Waals surface area contributed by atoms with E-state index in [2.05, 4.69) is 10.3 Å². The Morgan fingerprint density at radius 3 is 3.00 bits per heavy atom. The second-order valence-electron chi connectivity index (χ2n) is 1.38. The van der Waals surface area contributed by atoms with Gasteiger partial charge in [0, 0.05) is 12.8 Å². The lowest BCUT2D eigenvalue weighted by atomic mass is 10.4. The first kappa shape index (κ1) is 4.74. The van der Waals surface area contributed by atoms with Gasteiger partial charge in [0.15, 0.2) is 6.29 Å². The molecule has 0 aromatic heterocycles. The van der Waals surface area contributed by atoms with Gasteiger partial charge in [0.1, 0.15) is 0 Å². The van der Waals surface area contributed by atoms with E-state index in [9.17, 15) is 0 Å². The van der Waals surface area contributed by atoms with E-state index in [1.54, 1.807) is 6.21 Å². The van der Waals surface area contributed by atoms with Gasteiger partial charge in [0.2, 0.25) is 0 Å². The van der Waals surface area contributed by atoms with E-state index in [1.807, 2.05) is 6.54 Å². The first-order valence-electron chi connectivity index (χ1n) is 2.24. The van der Waals surface area contributed by atoms with Crippen LogP contribution in [-0.2, 0) is 0 Å². The number of nitrogens with zero attached hydrogens (tertiary/aromatic N) is 1. The standard InChI is InChI=1S/C4H8N3/c5-4-6-2-1-3-7-4/h2-4,6H,1,5H2. The van der Waals surface area contributed by atoms with Gasteiger partial charge >= 0.3 is 0 Å². The molecular weight excluding hydrogens is 90.1 g/mol. The minimum atomic E-state index is -0.200. The third kappa shape index (κ3) is 1.25. The minimum absolute atomic E-state index is 0.200. The molecule has 0 fully saturated rings. The predicted octanol–water partition coefficient (Wildman–Crippen LogP) is -0.545. The zero-order valence-electron chi connectivity index (χ0n) is 3.96. The van der Waals surface area contributed by atoms with Crippen LogP contribution in [0.1, 0.15) is 6.42 Å². The molecule has 0 aromatic rings. The zero-order valence-corrected chi connectivity index (χ0v) is 3.96. The summed E-state index contributed by atoms with van der Waals surface area (Å²) in [5.41, 5.74) is 5.29. The summed E-state index contributed by atoms with van der Waals surface area (Å²) in [5.74, 6) is 0. The summed E-state index contributed by atoms with van der Waals surface area (Å²) < 4.78 is 0. The molecule has 1 radical (unpaired) electrons. The Morgan fingerprint density at radius 2 is 2.71 bits per heavy atom. The second-order valence-corrected chi connectivity index (χ2v) is 1.38. The van der Waals surface area contributed by atoms with Crippen molar-refractivity contribution < 1.29 is 0 Å². The fourth-order valence-electron chi connectivity index (χ4n) is 0.459. The van der Waals surface area contributed by atoms with Crippen molar-refractivity contribution in [1.82, 2.24) is 5.32 Å². The lowest BCUT2D eigenvalue weighted by Crippen LogP contribution is -2.36. The summed E-state index contributed by atoms with van der Waals surface area (Å²) in [6, 6.07) is 0. The molecule has 1 heterocycles. The Morgan fingerprint density at radius 1 is 1.86 bits per heavy atom. The summed E-state index contributed by atoms with van der Waals surface area (Å²) in [7, 11) is 0. The SMILES string of the molecule is NC1N=CC[CH]N1. The Bertz CT molecular complexity index is 79.0. The summed E-state index contributed by atoms with van der Waals surface area (Å²) >= 11 is 0. The average molecular weight is 98.1 g/mol. The van der Waals surface area contributed by atoms with Crippen LogP contribution in [0.25, 0.3) is 0 Å². The number of hydrogen-bond donors (Lipinski definition) is 2. The Balaban J connectivity index is 2.36. The van der Waals surface area contributed by atoms with E-state index in [1.165, 1.54) is 0 Å². The Kier molecular flexibility index (Phi) is 1.38. The molecule has 0 aromatic carbocycles. The molecule has 39 valence electrons. The van der Waals surface area contributed by atoms with E-state index >= 15 is 0 Å². The summed E-state index contributed by atoms with van der Waals surface area (Å²) in [6.07, 6.45) is 2.48. The van der Waals surface area contributed by atoms with E-state index in [0.29, 0.717) is 0 Å². The molecule has 0 spiro atoms. The van der Waals surface area contributed by atoms with Crippen molar-refractivity contribution in [1.29, 1.82) is 0 Å². The van der Waals surface area contributed by atoms with Crippen molar-refractivity contribution >= 4 is 6.21 Å². The third-order valence-corrected chi connectivity index (χ3v) is 0.778. The highest BCUT2D eigenvalue weighted by Crippen LogP contribution is 1.87. The van der Waals surface area contributed by atoms with E-state index < -0.39 is 0 Å². The monoisotopic (exact) mass is 98.1 g/mol. The molecule has 1 aliphatic heterocycles. The fraction of sp³-hybridized carbons (Fsp3) is 0.500. The molecule has 1 rings (SSSR count). The molecular formula is C4H8N3. The van der Waals surface area contributed by atoms with Gasteiger partial charge in [-0.05, 0) is 6.42 Å². The highest BCUT2D eigenvalue weighted by molar-refractivity contribution is 5.59. The first-order valence-corrected chi connectivity index (χ1v) is 2.24. The van der Waals surface area contributed by atoms with Crippen LogP contribution in [0.15, 0.2) is 4.99 Å². The van der Waals surface area contributed by atoms with Gasteiger partial charge in [0.25, 0.3) is 0 Å². The van der Waals surface area contributed by atoms with Gasteiger partial charge in [-0.1, -0.05) is 0 Å². The van der Waals surface area contributed by atoms with Crippen LogP contribution in [-0.4, -0.2) is 12.5 Å². The molecule has 7 heavy (non-hydrogen) atoms. The molecule has 3 N–H and O–H groups in total. The molecule has 3 heteroatoms. The fourth-order valence-corrected chi connectivity index (χ4v) is 0.459. The summed E-state index contributed by atoms with van der Waals surface area (Å²) in [6.45, 7) is 1.89. The lowest BCUT2D eigenvalue weighted by molar-refractivity contribution is 0.589. The number of hydrogen-bond acceptors (Lipinski definition) is 3. The van der Waals surface area contributed by atoms with Gasteiger partial charge in [-0.15, -0.1) is 0 Å². The highest BCUT2D eigenvalue weighted by Gasteiger charge is 1.98. The van der Waals surface area contributed by atoms with Gasteiger partial charge in [0.05, 0.1) is 0 Å². The Hall–Kier alpha value is -0.410. The van der Waals surface area contributed by atoms with E-state index in [-0.39, 0.29) is 6.29 Å². The molecule has 3 nitrogen and oxygen atoms in total. The predicted molar refractivity (Wildman–Crippen MR) is 28.5 cm³/mol. The number of nitrogens with one attached hydrogen (secondary N) is 1.